The van der Waals surface area contributed by atoms with Gasteiger partial charge < -0.3 is 10.2 Å². The summed E-state index contributed by atoms with van der Waals surface area (Å²) in [4.78, 5) is 6.29. The van der Waals surface area contributed by atoms with E-state index in [0.717, 1.165) is 18.9 Å². The van der Waals surface area contributed by atoms with E-state index in [1.807, 2.05) is 7.05 Å². The fraction of sp³-hybridized carbons (Fsp3) is 0.600. The van der Waals surface area contributed by atoms with Crippen molar-refractivity contribution in [3.8, 4) is 0 Å². The van der Waals surface area contributed by atoms with Crippen molar-refractivity contribution in [3.05, 3.63) is 12.4 Å². The van der Waals surface area contributed by atoms with Crippen molar-refractivity contribution in [2.45, 2.75) is 18.9 Å². The predicted octanol–water partition coefficient (Wildman–Crippen LogP) is -0.293. The van der Waals surface area contributed by atoms with Crippen LogP contribution in [-0.4, -0.2) is 51.2 Å². The molecule has 17 heavy (non-hydrogen) atoms. The number of aromatic nitrogens is 5. The van der Waals surface area contributed by atoms with Crippen LogP contribution >= 0.6 is 0 Å². The molecule has 1 aliphatic rings. The number of rotatable bonds is 3. The van der Waals surface area contributed by atoms with Crippen molar-refractivity contribution in [2.24, 2.45) is 0 Å². The summed E-state index contributed by atoms with van der Waals surface area (Å²) in [6, 6.07) is 0.548. The molecule has 7 nitrogen and oxygen atoms in total. The van der Waals surface area contributed by atoms with Gasteiger partial charge in [-0.1, -0.05) is 0 Å². The summed E-state index contributed by atoms with van der Waals surface area (Å²) in [6.45, 7) is 2.06. The van der Waals surface area contributed by atoms with Crippen molar-refractivity contribution >= 4 is 11.5 Å². The van der Waals surface area contributed by atoms with Gasteiger partial charge in [0.05, 0.1) is 12.4 Å². The molecule has 7 heteroatoms. The first kappa shape index (κ1) is 10.4. The molecule has 90 valence electrons. The molecule has 3 heterocycles. The summed E-state index contributed by atoms with van der Waals surface area (Å²) in [5, 5.41) is 15.0. The highest BCUT2D eigenvalue weighted by Gasteiger charge is 2.17. The van der Waals surface area contributed by atoms with E-state index in [2.05, 4.69) is 30.7 Å². The summed E-state index contributed by atoms with van der Waals surface area (Å²) in [7, 11) is 2.04. The number of hydrogen-bond donors (Lipinski definition) is 1. The van der Waals surface area contributed by atoms with E-state index in [4.69, 9.17) is 0 Å². The largest absolute Gasteiger partial charge is 0.357 e. The van der Waals surface area contributed by atoms with Crippen LogP contribution in [-0.2, 0) is 0 Å². The molecule has 1 unspecified atom stereocenters. The van der Waals surface area contributed by atoms with Crippen molar-refractivity contribution in [1.82, 2.24) is 30.3 Å². The molecule has 1 atom stereocenters. The van der Waals surface area contributed by atoms with Gasteiger partial charge in [-0.2, -0.15) is 4.52 Å². The van der Waals surface area contributed by atoms with Gasteiger partial charge in [-0.15, -0.1) is 5.10 Å². The maximum Gasteiger partial charge on any atom is 0.199 e. The Morgan fingerprint density at radius 1 is 1.53 bits per heavy atom. The van der Waals surface area contributed by atoms with Gasteiger partial charge in [0, 0.05) is 19.6 Å². The Morgan fingerprint density at radius 2 is 2.47 bits per heavy atom. The van der Waals surface area contributed by atoms with Crippen molar-refractivity contribution in [2.75, 3.05) is 25.0 Å². The third-order valence-electron chi connectivity index (χ3n) is 3.14. The van der Waals surface area contributed by atoms with E-state index in [9.17, 15) is 0 Å². The highest BCUT2D eigenvalue weighted by Crippen LogP contribution is 2.14. The van der Waals surface area contributed by atoms with Crippen LogP contribution in [0, 0.1) is 0 Å². The number of nitrogens with zero attached hydrogens (tertiary/aromatic N) is 6. The van der Waals surface area contributed by atoms with Crippen LogP contribution < -0.4 is 10.2 Å². The maximum atomic E-state index is 4.16. The number of tetrazole rings is 1. The third-order valence-corrected chi connectivity index (χ3v) is 3.14. The van der Waals surface area contributed by atoms with E-state index < -0.39 is 0 Å². The molecule has 1 aliphatic heterocycles. The molecule has 2 aromatic rings. The van der Waals surface area contributed by atoms with E-state index in [-0.39, 0.29) is 0 Å². The van der Waals surface area contributed by atoms with Crippen LogP contribution in [0.3, 0.4) is 0 Å². The minimum Gasteiger partial charge on any atom is -0.357 e. The first-order chi connectivity index (χ1) is 8.34. The van der Waals surface area contributed by atoms with Gasteiger partial charge in [-0.3, -0.25) is 4.98 Å². The maximum absolute atomic E-state index is 4.16. The number of likely N-dealkylation sites (N-methyl/N-ethyl adjacent to an activating group) is 1. The van der Waals surface area contributed by atoms with Crippen molar-refractivity contribution in [3.63, 3.8) is 0 Å². The van der Waals surface area contributed by atoms with E-state index >= 15 is 0 Å². The lowest BCUT2D eigenvalue weighted by Gasteiger charge is -2.22. The predicted molar refractivity (Wildman–Crippen MR) is 62.9 cm³/mol. The molecule has 1 saturated heterocycles. The second kappa shape index (κ2) is 4.25. The highest BCUT2D eigenvalue weighted by atomic mass is 15.5. The van der Waals surface area contributed by atoms with Crippen LogP contribution in [0.4, 0.5) is 5.82 Å². The topological polar surface area (TPSA) is 71.2 Å². The lowest BCUT2D eigenvalue weighted by Crippen LogP contribution is -2.36. The van der Waals surface area contributed by atoms with Crippen LogP contribution in [0.2, 0.25) is 0 Å². The lowest BCUT2D eigenvalue weighted by molar-refractivity contribution is 0.593. The first-order valence-corrected chi connectivity index (χ1v) is 5.81. The van der Waals surface area contributed by atoms with E-state index in [1.54, 1.807) is 16.9 Å². The van der Waals surface area contributed by atoms with Gasteiger partial charge in [0.15, 0.2) is 11.5 Å². The second-order valence-electron chi connectivity index (χ2n) is 4.39. The molecule has 1 N–H and O–H groups in total. The highest BCUT2D eigenvalue weighted by molar-refractivity contribution is 5.45. The zero-order valence-corrected chi connectivity index (χ0v) is 9.74. The quantitative estimate of drug-likeness (QED) is 0.785. The summed E-state index contributed by atoms with van der Waals surface area (Å²) in [5.41, 5.74) is 0.675. The van der Waals surface area contributed by atoms with Gasteiger partial charge >= 0.3 is 0 Å². The average Bonchev–Trinajstić information content (AvgIpc) is 2.97. The smallest absolute Gasteiger partial charge is 0.199 e. The van der Waals surface area contributed by atoms with Gasteiger partial charge in [0.2, 0.25) is 0 Å². The Labute approximate surface area is 98.8 Å². The van der Waals surface area contributed by atoms with Crippen LogP contribution in [0.1, 0.15) is 12.8 Å². The minimum absolute atomic E-state index is 0.548. The molecule has 0 radical (unpaired) electrons. The normalized spacial score (nSPS) is 19.9. The third kappa shape index (κ3) is 1.93. The van der Waals surface area contributed by atoms with Gasteiger partial charge in [0.1, 0.15) is 0 Å². The molecule has 0 aromatic carbocycles. The van der Waals surface area contributed by atoms with Crippen molar-refractivity contribution < 1.29 is 0 Å². The van der Waals surface area contributed by atoms with Gasteiger partial charge in [0.25, 0.3) is 0 Å². The molecule has 0 amide bonds. The Kier molecular flexibility index (Phi) is 2.60. The average molecular weight is 233 g/mol. The summed E-state index contributed by atoms with van der Waals surface area (Å²) >= 11 is 0. The fourth-order valence-electron chi connectivity index (χ4n) is 2.26. The number of nitrogens with one attached hydrogen (secondary N) is 1. The number of anilines is 1. The summed E-state index contributed by atoms with van der Waals surface area (Å²) in [6.07, 6.45) is 5.93. The lowest BCUT2D eigenvalue weighted by atomic mass is 10.2. The molecule has 0 bridgehead atoms. The fourth-order valence-corrected chi connectivity index (χ4v) is 2.26. The van der Waals surface area contributed by atoms with Crippen LogP contribution in [0.15, 0.2) is 12.4 Å². The molecule has 0 aliphatic carbocycles. The molecule has 2 aromatic heterocycles. The standard InChI is InChI=1S/C10H15N7/c1-16(7-8-3-2-4-12-8)10-6-11-5-9-13-14-15-17(9)10/h5-6,8,12H,2-4,7H2,1H3. The Morgan fingerprint density at radius 3 is 3.29 bits per heavy atom. The summed E-state index contributed by atoms with van der Waals surface area (Å²) < 4.78 is 1.71. The number of hydrogen-bond acceptors (Lipinski definition) is 6. The molecule has 3 rings (SSSR count). The van der Waals surface area contributed by atoms with Crippen LogP contribution in [0.25, 0.3) is 5.65 Å². The first-order valence-electron chi connectivity index (χ1n) is 5.81. The SMILES string of the molecule is CN(CC1CCCN1)c1cncc2nnnn12. The summed E-state index contributed by atoms with van der Waals surface area (Å²) in [5.74, 6) is 0.918. The van der Waals surface area contributed by atoms with Crippen molar-refractivity contribution in [1.29, 1.82) is 0 Å². The molecule has 1 fully saturated rings. The van der Waals surface area contributed by atoms with Crippen LogP contribution in [0.5, 0.6) is 0 Å². The monoisotopic (exact) mass is 233 g/mol. The number of fused-ring (bicyclic) bond motifs is 1. The molecule has 0 saturated carbocycles. The zero-order valence-electron chi connectivity index (χ0n) is 9.74. The second-order valence-corrected chi connectivity index (χ2v) is 4.39. The minimum atomic E-state index is 0.548. The van der Waals surface area contributed by atoms with Gasteiger partial charge in [-0.05, 0) is 29.8 Å². The van der Waals surface area contributed by atoms with Gasteiger partial charge in [-0.25, -0.2) is 0 Å². The zero-order chi connectivity index (χ0) is 11.7. The molecule has 0 spiro atoms. The van der Waals surface area contributed by atoms with E-state index in [0.29, 0.717) is 11.7 Å². The van der Waals surface area contributed by atoms with E-state index in [1.165, 1.54) is 12.8 Å². The molecular formula is C10H15N7. The molecular weight excluding hydrogens is 218 g/mol. The Balaban J connectivity index is 1.84. The Bertz CT molecular complexity index is 502. The Hall–Kier alpha value is -1.76.